The van der Waals surface area contributed by atoms with Crippen LogP contribution in [-0.2, 0) is 11.2 Å². The van der Waals surface area contributed by atoms with Crippen molar-refractivity contribution in [3.8, 4) is 16.9 Å². The van der Waals surface area contributed by atoms with Gasteiger partial charge in [0.25, 0.3) is 5.91 Å². The van der Waals surface area contributed by atoms with E-state index >= 15 is 0 Å². The molecule has 0 atom stereocenters. The Bertz CT molecular complexity index is 946. The van der Waals surface area contributed by atoms with Crippen LogP contribution in [0.25, 0.3) is 11.1 Å². The van der Waals surface area contributed by atoms with E-state index in [0.717, 1.165) is 17.7 Å². The minimum absolute atomic E-state index is 0.00285. The molecule has 124 valence electrons. The summed E-state index contributed by atoms with van der Waals surface area (Å²) in [6.45, 7) is 1.99. The Morgan fingerprint density at radius 3 is 2.68 bits per heavy atom. The maximum atomic E-state index is 12.2. The standard InChI is InChI=1S/C22H19NO2/c1-15-5-4-7-19(11-15)25-14-22(24)23-18-10-9-17-12-16-6-2-3-8-20(16)21(17)13-18/h2-11,13H,12,14H2,1H3,(H,23,24). The Morgan fingerprint density at radius 2 is 1.80 bits per heavy atom. The molecule has 1 aliphatic rings. The Morgan fingerprint density at radius 1 is 0.960 bits per heavy atom. The highest BCUT2D eigenvalue weighted by Crippen LogP contribution is 2.37. The number of benzene rings is 3. The molecular formula is C22H19NO2. The molecule has 0 spiro atoms. The first kappa shape index (κ1) is 15.5. The molecular weight excluding hydrogens is 310 g/mol. The monoisotopic (exact) mass is 329 g/mol. The third kappa shape index (κ3) is 3.26. The van der Waals surface area contributed by atoms with Crippen LogP contribution in [0.15, 0.2) is 66.7 Å². The summed E-state index contributed by atoms with van der Waals surface area (Å²) in [6.07, 6.45) is 0.955. The van der Waals surface area contributed by atoms with E-state index in [-0.39, 0.29) is 12.5 Å². The van der Waals surface area contributed by atoms with Crippen LogP contribution in [0.4, 0.5) is 5.69 Å². The zero-order chi connectivity index (χ0) is 17.2. The highest BCUT2D eigenvalue weighted by molar-refractivity contribution is 5.93. The Balaban J connectivity index is 1.45. The van der Waals surface area contributed by atoms with Crippen molar-refractivity contribution >= 4 is 11.6 Å². The lowest BCUT2D eigenvalue weighted by molar-refractivity contribution is -0.118. The SMILES string of the molecule is Cc1cccc(OCC(=O)Nc2ccc3c(c2)-c2ccccc2C3)c1. The van der Waals surface area contributed by atoms with Crippen LogP contribution in [0.2, 0.25) is 0 Å². The summed E-state index contributed by atoms with van der Waals surface area (Å²) in [4.78, 5) is 12.2. The largest absolute Gasteiger partial charge is 0.484 e. The van der Waals surface area contributed by atoms with Crippen LogP contribution in [0.5, 0.6) is 5.75 Å². The van der Waals surface area contributed by atoms with Crippen LogP contribution in [0.1, 0.15) is 16.7 Å². The van der Waals surface area contributed by atoms with Crippen LogP contribution < -0.4 is 10.1 Å². The molecule has 1 amide bonds. The summed E-state index contributed by atoms with van der Waals surface area (Å²) in [5.74, 6) is 0.547. The molecule has 0 unspecified atom stereocenters. The molecule has 3 aromatic carbocycles. The predicted molar refractivity (Wildman–Crippen MR) is 100.0 cm³/mol. The minimum atomic E-state index is -0.160. The van der Waals surface area contributed by atoms with Gasteiger partial charge in [-0.25, -0.2) is 0 Å². The van der Waals surface area contributed by atoms with Crippen LogP contribution in [-0.4, -0.2) is 12.5 Å². The molecule has 0 saturated heterocycles. The maximum Gasteiger partial charge on any atom is 0.262 e. The number of carbonyl (C=O) groups is 1. The van der Waals surface area contributed by atoms with Crippen LogP contribution >= 0.6 is 0 Å². The van der Waals surface area contributed by atoms with E-state index in [1.54, 1.807) is 0 Å². The van der Waals surface area contributed by atoms with Gasteiger partial charge in [0.15, 0.2) is 6.61 Å². The van der Waals surface area contributed by atoms with Gasteiger partial charge in [0.1, 0.15) is 5.75 Å². The molecule has 0 fully saturated rings. The number of rotatable bonds is 4. The molecule has 0 saturated carbocycles. The van der Waals surface area contributed by atoms with E-state index in [0.29, 0.717) is 5.75 Å². The number of anilines is 1. The summed E-state index contributed by atoms with van der Waals surface area (Å²) in [7, 11) is 0. The van der Waals surface area contributed by atoms with E-state index in [9.17, 15) is 4.79 Å². The van der Waals surface area contributed by atoms with Crippen molar-refractivity contribution in [3.63, 3.8) is 0 Å². The molecule has 1 aliphatic carbocycles. The lowest BCUT2D eigenvalue weighted by Crippen LogP contribution is -2.20. The zero-order valence-electron chi connectivity index (χ0n) is 14.1. The molecule has 4 rings (SSSR count). The molecule has 0 bridgehead atoms. The second-order valence-electron chi connectivity index (χ2n) is 6.36. The Kier molecular flexibility index (Phi) is 3.98. The zero-order valence-corrected chi connectivity index (χ0v) is 14.1. The summed E-state index contributed by atoms with van der Waals surface area (Å²) < 4.78 is 5.56. The number of fused-ring (bicyclic) bond motifs is 3. The third-order valence-corrected chi connectivity index (χ3v) is 4.44. The van der Waals surface area contributed by atoms with Crippen molar-refractivity contribution in [2.45, 2.75) is 13.3 Å². The number of ether oxygens (including phenoxy) is 1. The van der Waals surface area contributed by atoms with Gasteiger partial charge in [-0.15, -0.1) is 0 Å². The first-order chi connectivity index (χ1) is 12.2. The molecule has 1 N–H and O–H groups in total. The lowest BCUT2D eigenvalue weighted by Gasteiger charge is -2.09. The smallest absolute Gasteiger partial charge is 0.262 e. The lowest BCUT2D eigenvalue weighted by atomic mass is 10.1. The number of nitrogens with one attached hydrogen (secondary N) is 1. The predicted octanol–water partition coefficient (Wildman–Crippen LogP) is 4.58. The molecule has 25 heavy (non-hydrogen) atoms. The molecule has 0 radical (unpaired) electrons. The molecule has 3 aromatic rings. The second kappa shape index (κ2) is 6.44. The highest BCUT2D eigenvalue weighted by atomic mass is 16.5. The molecule has 3 heteroatoms. The van der Waals surface area contributed by atoms with Crippen molar-refractivity contribution < 1.29 is 9.53 Å². The van der Waals surface area contributed by atoms with Crippen molar-refractivity contribution in [3.05, 3.63) is 83.4 Å². The van der Waals surface area contributed by atoms with Crippen molar-refractivity contribution in [1.29, 1.82) is 0 Å². The molecule has 0 aliphatic heterocycles. The van der Waals surface area contributed by atoms with E-state index < -0.39 is 0 Å². The van der Waals surface area contributed by atoms with Crippen molar-refractivity contribution in [1.82, 2.24) is 0 Å². The minimum Gasteiger partial charge on any atom is -0.484 e. The van der Waals surface area contributed by atoms with E-state index in [2.05, 4.69) is 35.6 Å². The van der Waals surface area contributed by atoms with Crippen molar-refractivity contribution in [2.75, 3.05) is 11.9 Å². The average Bonchev–Trinajstić information content (AvgIpc) is 2.98. The van der Waals surface area contributed by atoms with Gasteiger partial charge in [-0.05, 0) is 65.4 Å². The average molecular weight is 329 g/mol. The first-order valence-electron chi connectivity index (χ1n) is 8.39. The number of aryl methyl sites for hydroxylation is 1. The van der Waals surface area contributed by atoms with Gasteiger partial charge in [-0.3, -0.25) is 4.79 Å². The number of hydrogen-bond donors (Lipinski definition) is 1. The third-order valence-electron chi connectivity index (χ3n) is 4.44. The first-order valence-corrected chi connectivity index (χ1v) is 8.39. The molecule has 0 heterocycles. The summed E-state index contributed by atoms with van der Waals surface area (Å²) in [5, 5.41) is 2.92. The van der Waals surface area contributed by atoms with Gasteiger partial charge in [-0.1, -0.05) is 42.5 Å². The Labute approximate surface area is 147 Å². The number of carbonyl (C=O) groups excluding carboxylic acids is 1. The fourth-order valence-corrected chi connectivity index (χ4v) is 3.25. The van der Waals surface area contributed by atoms with Gasteiger partial charge in [0.05, 0.1) is 0 Å². The fraction of sp³-hybridized carbons (Fsp3) is 0.136. The van der Waals surface area contributed by atoms with Gasteiger partial charge in [0, 0.05) is 5.69 Å². The van der Waals surface area contributed by atoms with Crippen LogP contribution in [0.3, 0.4) is 0 Å². The van der Waals surface area contributed by atoms with E-state index in [4.69, 9.17) is 4.74 Å². The summed E-state index contributed by atoms with van der Waals surface area (Å²) >= 11 is 0. The van der Waals surface area contributed by atoms with Gasteiger partial charge in [0.2, 0.25) is 0 Å². The number of amides is 1. The Hall–Kier alpha value is -3.07. The van der Waals surface area contributed by atoms with Gasteiger partial charge >= 0.3 is 0 Å². The summed E-state index contributed by atoms with van der Waals surface area (Å²) in [6, 6.07) is 22.2. The summed E-state index contributed by atoms with van der Waals surface area (Å²) in [5.41, 5.74) is 7.00. The van der Waals surface area contributed by atoms with Crippen molar-refractivity contribution in [2.24, 2.45) is 0 Å². The van der Waals surface area contributed by atoms with Crippen LogP contribution in [0, 0.1) is 6.92 Å². The maximum absolute atomic E-state index is 12.2. The molecule has 3 nitrogen and oxygen atoms in total. The quantitative estimate of drug-likeness (QED) is 0.595. The van der Waals surface area contributed by atoms with E-state index in [1.807, 2.05) is 43.3 Å². The highest BCUT2D eigenvalue weighted by Gasteiger charge is 2.18. The fourth-order valence-electron chi connectivity index (χ4n) is 3.25. The number of hydrogen-bond acceptors (Lipinski definition) is 2. The normalized spacial score (nSPS) is 11.6. The van der Waals surface area contributed by atoms with Gasteiger partial charge < -0.3 is 10.1 Å². The second-order valence-corrected chi connectivity index (χ2v) is 6.36. The van der Waals surface area contributed by atoms with E-state index in [1.165, 1.54) is 22.3 Å². The molecule has 0 aromatic heterocycles. The topological polar surface area (TPSA) is 38.3 Å². The van der Waals surface area contributed by atoms with Gasteiger partial charge in [-0.2, -0.15) is 0 Å².